The van der Waals surface area contributed by atoms with Gasteiger partial charge in [0.2, 0.25) is 17.7 Å². The van der Waals surface area contributed by atoms with Crippen LogP contribution >= 0.6 is 0 Å². The van der Waals surface area contributed by atoms with Crippen molar-refractivity contribution in [2.24, 2.45) is 5.92 Å². The highest BCUT2D eigenvalue weighted by molar-refractivity contribution is 5.98. The fourth-order valence-electron chi connectivity index (χ4n) is 3.01. The third-order valence-electron chi connectivity index (χ3n) is 4.76. The van der Waals surface area contributed by atoms with Crippen LogP contribution in [0.4, 0.5) is 16.2 Å². The number of alkyl carbamates (subject to hydrolysis) is 1. The fraction of sp³-hybridized carbons (Fsp3) is 0.333. The van der Waals surface area contributed by atoms with Crippen LogP contribution in [0.5, 0.6) is 0 Å². The van der Waals surface area contributed by atoms with E-state index in [1.807, 2.05) is 19.9 Å². The maximum atomic E-state index is 12.7. The molecule has 0 aliphatic carbocycles. The van der Waals surface area contributed by atoms with Crippen LogP contribution in [0.25, 0.3) is 0 Å². The van der Waals surface area contributed by atoms with Gasteiger partial charge in [-0.2, -0.15) is 0 Å². The SMILES string of the molecule is CC(C)C[C@@H](NC(=O)CNC(=O)CNC(=O)OCc1ccccc1)C(=O)Nc1ccc([N+](=O)[O-])cc1. The van der Waals surface area contributed by atoms with Crippen molar-refractivity contribution >= 4 is 35.2 Å². The average molecular weight is 500 g/mol. The molecule has 0 aliphatic heterocycles. The van der Waals surface area contributed by atoms with Crippen LogP contribution < -0.4 is 21.3 Å². The Labute approximate surface area is 207 Å². The third-order valence-corrected chi connectivity index (χ3v) is 4.76. The highest BCUT2D eigenvalue weighted by Gasteiger charge is 2.22. The van der Waals surface area contributed by atoms with Gasteiger partial charge in [-0.05, 0) is 30.0 Å². The first kappa shape index (κ1) is 27.8. The number of carbonyl (C=O) groups excluding carboxylic acids is 4. The van der Waals surface area contributed by atoms with Gasteiger partial charge in [0.05, 0.1) is 11.5 Å². The van der Waals surface area contributed by atoms with E-state index in [4.69, 9.17) is 4.74 Å². The molecule has 0 spiro atoms. The molecule has 36 heavy (non-hydrogen) atoms. The van der Waals surface area contributed by atoms with Crippen LogP contribution in [0.1, 0.15) is 25.8 Å². The van der Waals surface area contributed by atoms with Crippen LogP contribution in [-0.2, 0) is 25.7 Å². The van der Waals surface area contributed by atoms with Gasteiger partial charge < -0.3 is 26.0 Å². The lowest BCUT2D eigenvalue weighted by molar-refractivity contribution is -0.384. The smallest absolute Gasteiger partial charge is 0.407 e. The number of nitro benzene ring substituents is 1. The zero-order valence-electron chi connectivity index (χ0n) is 20.0. The molecule has 4 amide bonds. The highest BCUT2D eigenvalue weighted by Crippen LogP contribution is 2.16. The molecule has 12 nitrogen and oxygen atoms in total. The van der Waals surface area contributed by atoms with Gasteiger partial charge in [0.15, 0.2) is 0 Å². The number of benzene rings is 2. The predicted molar refractivity (Wildman–Crippen MR) is 131 cm³/mol. The first-order valence-corrected chi connectivity index (χ1v) is 11.2. The van der Waals surface area contributed by atoms with E-state index in [-0.39, 0.29) is 18.2 Å². The topological polar surface area (TPSA) is 169 Å². The molecule has 0 aromatic heterocycles. The van der Waals surface area contributed by atoms with Crippen molar-refractivity contribution in [2.75, 3.05) is 18.4 Å². The Kier molecular flexibility index (Phi) is 10.8. The molecule has 0 radical (unpaired) electrons. The van der Waals surface area contributed by atoms with Crippen LogP contribution in [-0.4, -0.2) is 47.9 Å². The first-order chi connectivity index (χ1) is 17.1. The number of non-ortho nitro benzene ring substituents is 1. The number of nitro groups is 1. The normalized spacial score (nSPS) is 11.2. The van der Waals surface area contributed by atoms with Crippen molar-refractivity contribution in [1.82, 2.24) is 16.0 Å². The molecule has 0 unspecified atom stereocenters. The Morgan fingerprint density at radius 2 is 1.56 bits per heavy atom. The molecule has 1 atom stereocenters. The van der Waals surface area contributed by atoms with E-state index in [0.717, 1.165) is 5.56 Å². The van der Waals surface area contributed by atoms with E-state index in [1.165, 1.54) is 24.3 Å². The Balaban J connectivity index is 1.77. The molecule has 12 heteroatoms. The molecule has 0 aliphatic rings. The Bertz CT molecular complexity index is 1060. The molecule has 0 heterocycles. The zero-order valence-corrected chi connectivity index (χ0v) is 20.0. The number of hydrogen-bond donors (Lipinski definition) is 4. The van der Waals surface area contributed by atoms with Crippen LogP contribution in [0.2, 0.25) is 0 Å². The Morgan fingerprint density at radius 1 is 0.917 bits per heavy atom. The maximum absolute atomic E-state index is 12.7. The standard InChI is InChI=1S/C24H29N5O7/c1-16(2)12-20(23(32)27-18-8-10-19(11-9-18)29(34)35)28-22(31)14-25-21(30)13-26-24(33)36-15-17-6-4-3-5-7-17/h3-11,16,20H,12-15H2,1-2H3,(H,25,30)(H,26,33)(H,27,32)(H,28,31)/t20-/m1/s1. The molecule has 4 N–H and O–H groups in total. The molecule has 0 saturated heterocycles. The van der Waals surface area contributed by atoms with Gasteiger partial charge in [0.25, 0.3) is 5.69 Å². The number of rotatable bonds is 12. The second-order valence-corrected chi connectivity index (χ2v) is 8.23. The van der Waals surface area contributed by atoms with Crippen LogP contribution in [0.15, 0.2) is 54.6 Å². The summed E-state index contributed by atoms with van der Waals surface area (Å²) in [6, 6.07) is 13.4. The molecule has 0 saturated carbocycles. The van der Waals surface area contributed by atoms with Gasteiger partial charge in [-0.15, -0.1) is 0 Å². The zero-order chi connectivity index (χ0) is 26.5. The maximum Gasteiger partial charge on any atom is 0.407 e. The first-order valence-electron chi connectivity index (χ1n) is 11.2. The van der Waals surface area contributed by atoms with Crippen molar-refractivity contribution in [3.63, 3.8) is 0 Å². The van der Waals surface area contributed by atoms with Crippen molar-refractivity contribution in [1.29, 1.82) is 0 Å². The summed E-state index contributed by atoms with van der Waals surface area (Å²) in [5, 5.41) is 20.6. The summed E-state index contributed by atoms with van der Waals surface area (Å²) in [6.07, 6.45) is -0.453. The Morgan fingerprint density at radius 3 is 2.17 bits per heavy atom. The largest absolute Gasteiger partial charge is 0.445 e. The fourth-order valence-corrected chi connectivity index (χ4v) is 3.01. The van der Waals surface area contributed by atoms with Crippen LogP contribution in [0, 0.1) is 16.0 Å². The number of carbonyl (C=O) groups is 4. The summed E-state index contributed by atoms with van der Waals surface area (Å²) in [4.78, 5) is 58.9. The minimum absolute atomic E-state index is 0.0515. The molecule has 0 bridgehead atoms. The second-order valence-electron chi connectivity index (χ2n) is 8.23. The van der Waals surface area contributed by atoms with Gasteiger partial charge in [-0.1, -0.05) is 44.2 Å². The lowest BCUT2D eigenvalue weighted by Gasteiger charge is -2.20. The molecule has 0 fully saturated rings. The molecule has 192 valence electrons. The van der Waals surface area contributed by atoms with Gasteiger partial charge in [0, 0.05) is 17.8 Å². The minimum Gasteiger partial charge on any atom is -0.445 e. The van der Waals surface area contributed by atoms with Gasteiger partial charge in [0.1, 0.15) is 19.2 Å². The van der Waals surface area contributed by atoms with Crippen molar-refractivity contribution in [3.8, 4) is 0 Å². The lowest BCUT2D eigenvalue weighted by Crippen LogP contribution is -2.49. The molecular weight excluding hydrogens is 470 g/mol. The van der Waals surface area contributed by atoms with E-state index in [2.05, 4.69) is 21.3 Å². The van der Waals surface area contributed by atoms with E-state index >= 15 is 0 Å². The molecule has 2 aromatic rings. The summed E-state index contributed by atoms with van der Waals surface area (Å²) < 4.78 is 5.00. The Hall–Kier alpha value is -4.48. The minimum atomic E-state index is -0.893. The second kappa shape index (κ2) is 14.0. The highest BCUT2D eigenvalue weighted by atomic mass is 16.6. The predicted octanol–water partition coefficient (Wildman–Crippen LogP) is 2.11. The van der Waals surface area contributed by atoms with Crippen molar-refractivity contribution in [3.05, 3.63) is 70.3 Å². The summed E-state index contributed by atoms with van der Waals surface area (Å²) in [5.41, 5.74) is 1.02. The van der Waals surface area contributed by atoms with Gasteiger partial charge in [-0.3, -0.25) is 24.5 Å². The van der Waals surface area contributed by atoms with Crippen LogP contribution in [0.3, 0.4) is 0 Å². The molecular formula is C24H29N5O7. The number of ether oxygens (including phenoxy) is 1. The molecule has 2 aromatic carbocycles. The van der Waals surface area contributed by atoms with E-state index in [9.17, 15) is 29.3 Å². The number of amides is 4. The van der Waals surface area contributed by atoms with Crippen molar-refractivity contribution in [2.45, 2.75) is 32.9 Å². The van der Waals surface area contributed by atoms with Gasteiger partial charge in [-0.25, -0.2) is 4.79 Å². The lowest BCUT2D eigenvalue weighted by atomic mass is 10.0. The molecule has 2 rings (SSSR count). The van der Waals surface area contributed by atoms with E-state index in [0.29, 0.717) is 12.1 Å². The third kappa shape index (κ3) is 10.2. The van der Waals surface area contributed by atoms with Crippen molar-refractivity contribution < 1.29 is 28.8 Å². The monoisotopic (exact) mass is 499 g/mol. The van der Waals surface area contributed by atoms with Gasteiger partial charge >= 0.3 is 6.09 Å². The summed E-state index contributed by atoms with van der Waals surface area (Å²) in [6.45, 7) is 3.01. The van der Waals surface area contributed by atoms with E-state index in [1.54, 1.807) is 24.3 Å². The number of nitrogens with zero attached hydrogens (tertiary/aromatic N) is 1. The quantitative estimate of drug-likeness (QED) is 0.256. The summed E-state index contributed by atoms with van der Waals surface area (Å²) in [7, 11) is 0. The number of hydrogen-bond acceptors (Lipinski definition) is 7. The summed E-state index contributed by atoms with van der Waals surface area (Å²) in [5.74, 6) is -1.64. The number of nitrogens with one attached hydrogen (secondary N) is 4. The number of anilines is 1. The van der Waals surface area contributed by atoms with E-state index < -0.39 is 47.9 Å². The summed E-state index contributed by atoms with van der Waals surface area (Å²) >= 11 is 0. The average Bonchev–Trinajstić information content (AvgIpc) is 2.85.